The lowest BCUT2D eigenvalue weighted by atomic mass is 10.2. The normalized spacial score (nSPS) is 18.3. The summed E-state index contributed by atoms with van der Waals surface area (Å²) in [5.41, 5.74) is 0. The molecule has 74 valence electrons. The van der Waals surface area contributed by atoms with E-state index in [0.717, 1.165) is 0 Å². The second-order valence-electron chi connectivity index (χ2n) is 4.17. The smallest absolute Gasteiger partial charge is 0.0654 e. The van der Waals surface area contributed by atoms with Crippen molar-refractivity contribution >= 4 is 7.26 Å². The van der Waals surface area contributed by atoms with Gasteiger partial charge in [0.05, 0.1) is 31.7 Å². The maximum atomic E-state index is 2.44. The van der Waals surface area contributed by atoms with Crippen LogP contribution < -0.4 is 0 Å². The zero-order chi connectivity index (χ0) is 9.57. The van der Waals surface area contributed by atoms with Gasteiger partial charge in [-0.25, -0.2) is 0 Å². The summed E-state index contributed by atoms with van der Waals surface area (Å²) in [4.78, 5) is 0. The molecule has 0 saturated carbocycles. The first-order valence-corrected chi connectivity index (χ1v) is 8.05. The Morgan fingerprint density at radius 2 is 1.54 bits per heavy atom. The molecule has 1 rings (SSSR count). The number of allylic oxidation sites excluding steroid dienone is 2. The van der Waals surface area contributed by atoms with Crippen molar-refractivity contribution < 1.29 is 0 Å². The first kappa shape index (κ1) is 11.0. The number of unbranched alkanes of at least 4 members (excludes halogenated alkanes) is 4. The molecule has 0 saturated heterocycles. The van der Waals surface area contributed by atoms with Gasteiger partial charge < -0.3 is 0 Å². The van der Waals surface area contributed by atoms with Crippen LogP contribution in [-0.4, -0.2) is 12.8 Å². The third-order valence-corrected chi connectivity index (χ3v) is 5.69. The molecular weight excluding hydrogens is 175 g/mol. The molecule has 0 amide bonds. The van der Waals surface area contributed by atoms with Gasteiger partial charge in [-0.1, -0.05) is 26.2 Å². The average molecular weight is 197 g/mol. The Bertz CT molecular complexity index is 179. The van der Waals surface area contributed by atoms with Gasteiger partial charge in [0.15, 0.2) is 0 Å². The summed E-state index contributed by atoms with van der Waals surface area (Å²) >= 11 is 0. The van der Waals surface area contributed by atoms with E-state index < -0.39 is 7.26 Å². The Kier molecular flexibility index (Phi) is 4.73. The van der Waals surface area contributed by atoms with Crippen LogP contribution in [0.3, 0.4) is 0 Å². The zero-order valence-electron chi connectivity index (χ0n) is 9.00. The van der Waals surface area contributed by atoms with Gasteiger partial charge in [-0.2, -0.15) is 0 Å². The first-order chi connectivity index (χ1) is 6.27. The Morgan fingerprint density at radius 1 is 0.923 bits per heavy atom. The molecule has 0 aromatic carbocycles. The van der Waals surface area contributed by atoms with Crippen LogP contribution >= 0.6 is 7.26 Å². The molecule has 0 fully saturated rings. The third-order valence-electron chi connectivity index (χ3n) is 2.71. The molecule has 0 N–H and O–H groups in total. The van der Waals surface area contributed by atoms with Gasteiger partial charge in [0.2, 0.25) is 0 Å². The maximum Gasteiger partial charge on any atom is 0.0674 e. The van der Waals surface area contributed by atoms with E-state index in [2.05, 4.69) is 37.4 Å². The van der Waals surface area contributed by atoms with Crippen LogP contribution in [0.25, 0.3) is 0 Å². The van der Waals surface area contributed by atoms with Crippen molar-refractivity contribution in [3.63, 3.8) is 0 Å². The van der Waals surface area contributed by atoms with Gasteiger partial charge in [0.25, 0.3) is 0 Å². The topological polar surface area (TPSA) is 0 Å². The molecule has 1 heterocycles. The predicted octanol–water partition coefficient (Wildman–Crippen LogP) is 4.65. The zero-order valence-corrected chi connectivity index (χ0v) is 9.89. The van der Waals surface area contributed by atoms with Gasteiger partial charge in [-0.15, -0.1) is 0 Å². The second kappa shape index (κ2) is 5.60. The highest BCUT2D eigenvalue weighted by Gasteiger charge is 2.26. The molecule has 0 aromatic rings. The largest absolute Gasteiger partial charge is 0.0674 e. The summed E-state index contributed by atoms with van der Waals surface area (Å²) in [5, 5.41) is 0. The van der Waals surface area contributed by atoms with Gasteiger partial charge >= 0.3 is 0 Å². The van der Waals surface area contributed by atoms with Crippen molar-refractivity contribution in [1.29, 1.82) is 0 Å². The van der Waals surface area contributed by atoms with Crippen molar-refractivity contribution in [3.05, 3.63) is 23.8 Å². The SMILES string of the molecule is CCCCCCC[P+]1(C)C=CC=C1. The van der Waals surface area contributed by atoms with Crippen LogP contribution in [0.15, 0.2) is 23.8 Å². The molecular formula is C12H22P+. The van der Waals surface area contributed by atoms with E-state index in [0.29, 0.717) is 0 Å². The average Bonchev–Trinajstić information content (AvgIpc) is 2.53. The summed E-state index contributed by atoms with van der Waals surface area (Å²) in [6.07, 6.45) is 12.9. The van der Waals surface area contributed by atoms with E-state index in [9.17, 15) is 0 Å². The van der Waals surface area contributed by atoms with Gasteiger partial charge in [0.1, 0.15) is 0 Å². The van der Waals surface area contributed by atoms with Gasteiger partial charge in [-0.05, 0) is 25.0 Å². The van der Waals surface area contributed by atoms with Crippen molar-refractivity contribution in [2.45, 2.75) is 39.0 Å². The van der Waals surface area contributed by atoms with E-state index in [1.165, 1.54) is 38.3 Å². The van der Waals surface area contributed by atoms with Crippen molar-refractivity contribution in [2.75, 3.05) is 12.8 Å². The lowest BCUT2D eigenvalue weighted by Gasteiger charge is -2.10. The maximum absolute atomic E-state index is 2.44. The molecule has 0 unspecified atom stereocenters. The lowest BCUT2D eigenvalue weighted by Crippen LogP contribution is -1.90. The summed E-state index contributed by atoms with van der Waals surface area (Å²) in [6.45, 7) is 4.71. The minimum Gasteiger partial charge on any atom is -0.0654 e. The quantitative estimate of drug-likeness (QED) is 0.429. The van der Waals surface area contributed by atoms with E-state index in [4.69, 9.17) is 0 Å². The fourth-order valence-corrected chi connectivity index (χ4v) is 4.04. The molecule has 0 aliphatic carbocycles. The Balaban J connectivity index is 2.05. The van der Waals surface area contributed by atoms with Crippen LogP contribution in [0.2, 0.25) is 0 Å². The van der Waals surface area contributed by atoms with E-state index in [1.807, 2.05) is 0 Å². The number of rotatable bonds is 6. The van der Waals surface area contributed by atoms with E-state index in [-0.39, 0.29) is 0 Å². The molecule has 1 aliphatic heterocycles. The fraction of sp³-hybridized carbons (Fsp3) is 0.667. The van der Waals surface area contributed by atoms with E-state index >= 15 is 0 Å². The molecule has 1 aliphatic rings. The molecule has 0 atom stereocenters. The summed E-state index contributed by atoms with van der Waals surface area (Å²) in [7, 11) is -0.730. The van der Waals surface area contributed by atoms with Crippen LogP contribution in [-0.2, 0) is 0 Å². The number of hydrogen-bond acceptors (Lipinski definition) is 0. The van der Waals surface area contributed by atoms with Gasteiger partial charge in [-0.3, -0.25) is 0 Å². The summed E-state index contributed by atoms with van der Waals surface area (Å²) in [5.74, 6) is 4.87. The highest BCUT2D eigenvalue weighted by Crippen LogP contribution is 2.61. The van der Waals surface area contributed by atoms with E-state index in [1.54, 1.807) is 0 Å². The monoisotopic (exact) mass is 197 g/mol. The Labute approximate surface area is 83.5 Å². The minimum absolute atomic E-state index is 0.730. The van der Waals surface area contributed by atoms with Crippen LogP contribution in [0, 0.1) is 0 Å². The van der Waals surface area contributed by atoms with Crippen molar-refractivity contribution in [1.82, 2.24) is 0 Å². The fourth-order valence-electron chi connectivity index (χ4n) is 1.75. The summed E-state index contributed by atoms with van der Waals surface area (Å²) < 4.78 is 0. The number of hydrogen-bond donors (Lipinski definition) is 0. The van der Waals surface area contributed by atoms with Crippen molar-refractivity contribution in [2.24, 2.45) is 0 Å². The standard InChI is InChI=1S/C12H22P/c1-3-4-5-6-7-10-13(2)11-8-9-12-13/h8-9,11-12H,3-7,10H2,1-2H3/q+1. The second-order valence-corrected chi connectivity index (χ2v) is 7.90. The lowest BCUT2D eigenvalue weighted by molar-refractivity contribution is 0.658. The highest BCUT2D eigenvalue weighted by atomic mass is 31.2. The molecule has 0 aromatic heterocycles. The Hall–Kier alpha value is -0.0900. The highest BCUT2D eigenvalue weighted by molar-refractivity contribution is 7.81. The van der Waals surface area contributed by atoms with Crippen LogP contribution in [0.1, 0.15) is 39.0 Å². The predicted molar refractivity (Wildman–Crippen MR) is 64.8 cm³/mol. The molecule has 13 heavy (non-hydrogen) atoms. The van der Waals surface area contributed by atoms with Gasteiger partial charge in [0, 0.05) is 0 Å². The van der Waals surface area contributed by atoms with Crippen LogP contribution in [0.5, 0.6) is 0 Å². The third kappa shape index (κ3) is 4.09. The molecule has 0 nitrogen and oxygen atoms in total. The molecule has 0 bridgehead atoms. The molecule has 0 radical (unpaired) electrons. The summed E-state index contributed by atoms with van der Waals surface area (Å²) in [6, 6.07) is 0. The Morgan fingerprint density at radius 3 is 2.15 bits per heavy atom. The van der Waals surface area contributed by atoms with Crippen LogP contribution in [0.4, 0.5) is 0 Å². The minimum atomic E-state index is -0.730. The van der Waals surface area contributed by atoms with Crippen molar-refractivity contribution in [3.8, 4) is 0 Å². The first-order valence-electron chi connectivity index (χ1n) is 5.49. The molecule has 0 spiro atoms. The molecule has 1 heteroatoms.